The van der Waals surface area contributed by atoms with Crippen LogP contribution in [0.3, 0.4) is 0 Å². The summed E-state index contributed by atoms with van der Waals surface area (Å²) in [5.41, 5.74) is 0.987. The molecule has 0 spiro atoms. The maximum atomic E-state index is 5.85. The van der Waals surface area contributed by atoms with Crippen molar-refractivity contribution in [2.24, 2.45) is 0 Å². The standard InChI is InChI=1S/C14H11Br2NO2/c15-9-1-3-10(4-2-9)19-13-8-14-12(7-11(13)16)17-5-6-18-14/h1-4,7-8,17H,5-6H2. The molecule has 0 fully saturated rings. The molecule has 0 radical (unpaired) electrons. The van der Waals surface area contributed by atoms with Gasteiger partial charge in [-0.3, -0.25) is 0 Å². The second kappa shape index (κ2) is 5.43. The van der Waals surface area contributed by atoms with Gasteiger partial charge in [-0.05, 0) is 46.3 Å². The maximum Gasteiger partial charge on any atom is 0.146 e. The molecule has 98 valence electrons. The first-order valence-electron chi connectivity index (χ1n) is 5.86. The van der Waals surface area contributed by atoms with E-state index in [0.717, 1.165) is 38.4 Å². The predicted molar refractivity (Wildman–Crippen MR) is 82.3 cm³/mol. The van der Waals surface area contributed by atoms with Crippen LogP contribution in [0.15, 0.2) is 45.3 Å². The predicted octanol–water partition coefficient (Wildman–Crippen LogP) is 4.81. The Balaban J connectivity index is 1.90. The van der Waals surface area contributed by atoms with E-state index in [0.29, 0.717) is 6.61 Å². The largest absolute Gasteiger partial charge is 0.489 e. The summed E-state index contributed by atoms with van der Waals surface area (Å²) in [7, 11) is 0. The van der Waals surface area contributed by atoms with Gasteiger partial charge in [-0.15, -0.1) is 0 Å². The Morgan fingerprint density at radius 1 is 1.11 bits per heavy atom. The number of fused-ring (bicyclic) bond motifs is 1. The van der Waals surface area contributed by atoms with Crippen LogP contribution in [0.4, 0.5) is 5.69 Å². The summed E-state index contributed by atoms with van der Waals surface area (Å²) in [6.07, 6.45) is 0. The van der Waals surface area contributed by atoms with E-state index in [4.69, 9.17) is 9.47 Å². The van der Waals surface area contributed by atoms with E-state index >= 15 is 0 Å². The molecule has 1 aliphatic heterocycles. The van der Waals surface area contributed by atoms with Crippen LogP contribution in [0.2, 0.25) is 0 Å². The Morgan fingerprint density at radius 2 is 1.89 bits per heavy atom. The van der Waals surface area contributed by atoms with Crippen LogP contribution >= 0.6 is 31.9 Å². The molecule has 0 atom stereocenters. The van der Waals surface area contributed by atoms with Gasteiger partial charge >= 0.3 is 0 Å². The van der Waals surface area contributed by atoms with Crippen molar-refractivity contribution in [3.8, 4) is 17.2 Å². The normalized spacial score (nSPS) is 13.2. The average Bonchev–Trinajstić information content (AvgIpc) is 2.42. The molecule has 0 amide bonds. The first-order chi connectivity index (χ1) is 9.22. The minimum Gasteiger partial charge on any atom is -0.489 e. The minimum atomic E-state index is 0.673. The summed E-state index contributed by atoms with van der Waals surface area (Å²) < 4.78 is 13.4. The SMILES string of the molecule is Brc1ccc(Oc2cc3c(cc2Br)NCCO3)cc1. The van der Waals surface area contributed by atoms with Gasteiger partial charge in [-0.25, -0.2) is 0 Å². The van der Waals surface area contributed by atoms with Gasteiger partial charge in [-0.1, -0.05) is 15.9 Å². The van der Waals surface area contributed by atoms with Crippen molar-refractivity contribution in [2.75, 3.05) is 18.5 Å². The van der Waals surface area contributed by atoms with E-state index in [9.17, 15) is 0 Å². The lowest BCUT2D eigenvalue weighted by Crippen LogP contribution is -2.17. The van der Waals surface area contributed by atoms with E-state index in [1.807, 2.05) is 36.4 Å². The monoisotopic (exact) mass is 383 g/mol. The van der Waals surface area contributed by atoms with E-state index in [-0.39, 0.29) is 0 Å². The minimum absolute atomic E-state index is 0.673. The Bertz CT molecular complexity index is 599. The fourth-order valence-corrected chi connectivity index (χ4v) is 2.54. The van der Waals surface area contributed by atoms with Gasteiger partial charge < -0.3 is 14.8 Å². The van der Waals surface area contributed by atoms with Crippen molar-refractivity contribution in [1.29, 1.82) is 0 Å². The zero-order chi connectivity index (χ0) is 13.2. The number of rotatable bonds is 2. The zero-order valence-corrected chi connectivity index (χ0v) is 13.1. The van der Waals surface area contributed by atoms with E-state index in [1.54, 1.807) is 0 Å². The topological polar surface area (TPSA) is 30.5 Å². The molecule has 1 aliphatic rings. The van der Waals surface area contributed by atoms with Crippen LogP contribution in [-0.2, 0) is 0 Å². The fourth-order valence-electron chi connectivity index (χ4n) is 1.85. The van der Waals surface area contributed by atoms with Crippen molar-refractivity contribution in [3.05, 3.63) is 45.3 Å². The van der Waals surface area contributed by atoms with Crippen LogP contribution in [0, 0.1) is 0 Å². The molecule has 0 saturated carbocycles. The number of nitrogens with one attached hydrogen (secondary N) is 1. The smallest absolute Gasteiger partial charge is 0.146 e. The first kappa shape index (κ1) is 12.8. The molecule has 0 aromatic heterocycles. The number of anilines is 1. The number of halogens is 2. The molecule has 19 heavy (non-hydrogen) atoms. The van der Waals surface area contributed by atoms with Crippen molar-refractivity contribution in [2.45, 2.75) is 0 Å². The van der Waals surface area contributed by atoms with Crippen LogP contribution in [0.5, 0.6) is 17.2 Å². The molecule has 1 heterocycles. The highest BCUT2D eigenvalue weighted by Crippen LogP contribution is 2.39. The second-order valence-electron chi connectivity index (χ2n) is 4.11. The molecule has 3 rings (SSSR count). The molecule has 0 unspecified atom stereocenters. The molecule has 1 N–H and O–H groups in total. The van der Waals surface area contributed by atoms with Gasteiger partial charge in [0, 0.05) is 17.1 Å². The van der Waals surface area contributed by atoms with Gasteiger partial charge in [0.25, 0.3) is 0 Å². The van der Waals surface area contributed by atoms with Crippen molar-refractivity contribution >= 4 is 37.5 Å². The third-order valence-electron chi connectivity index (χ3n) is 2.75. The van der Waals surface area contributed by atoms with Crippen molar-refractivity contribution in [1.82, 2.24) is 0 Å². The lowest BCUT2D eigenvalue weighted by molar-refractivity contribution is 0.321. The molecular weight excluding hydrogens is 374 g/mol. The average molecular weight is 385 g/mol. The van der Waals surface area contributed by atoms with Gasteiger partial charge in [0.15, 0.2) is 0 Å². The molecule has 5 heteroatoms. The quantitative estimate of drug-likeness (QED) is 0.805. The van der Waals surface area contributed by atoms with Crippen LogP contribution in [0.25, 0.3) is 0 Å². The summed E-state index contributed by atoms with van der Waals surface area (Å²) in [5, 5.41) is 3.29. The van der Waals surface area contributed by atoms with Crippen LogP contribution in [0.1, 0.15) is 0 Å². The molecular formula is C14H11Br2NO2. The molecule has 2 aromatic rings. The van der Waals surface area contributed by atoms with Gasteiger partial charge in [0.1, 0.15) is 23.9 Å². The highest BCUT2D eigenvalue weighted by molar-refractivity contribution is 9.10. The number of benzene rings is 2. The third kappa shape index (κ3) is 2.87. The maximum absolute atomic E-state index is 5.85. The van der Waals surface area contributed by atoms with E-state index < -0.39 is 0 Å². The molecule has 0 aliphatic carbocycles. The fraction of sp³-hybridized carbons (Fsp3) is 0.143. The summed E-state index contributed by atoms with van der Waals surface area (Å²) >= 11 is 6.92. The summed E-state index contributed by atoms with van der Waals surface area (Å²) in [6, 6.07) is 11.6. The Labute approximate surface area is 128 Å². The Morgan fingerprint density at radius 3 is 2.68 bits per heavy atom. The van der Waals surface area contributed by atoms with Crippen molar-refractivity contribution < 1.29 is 9.47 Å². The molecule has 0 saturated heterocycles. The second-order valence-corrected chi connectivity index (χ2v) is 5.88. The Hall–Kier alpha value is -1.20. The third-order valence-corrected chi connectivity index (χ3v) is 3.90. The Kier molecular flexibility index (Phi) is 3.66. The molecule has 3 nitrogen and oxygen atoms in total. The first-order valence-corrected chi connectivity index (χ1v) is 7.44. The number of ether oxygens (including phenoxy) is 2. The highest BCUT2D eigenvalue weighted by Gasteiger charge is 2.14. The van der Waals surface area contributed by atoms with Crippen LogP contribution in [-0.4, -0.2) is 13.2 Å². The summed E-state index contributed by atoms with van der Waals surface area (Å²) in [5.74, 6) is 2.35. The van der Waals surface area contributed by atoms with Gasteiger partial charge in [-0.2, -0.15) is 0 Å². The lowest BCUT2D eigenvalue weighted by atomic mass is 10.2. The molecule has 2 aromatic carbocycles. The summed E-state index contributed by atoms with van der Waals surface area (Å²) in [4.78, 5) is 0. The number of hydrogen-bond acceptors (Lipinski definition) is 3. The van der Waals surface area contributed by atoms with E-state index in [2.05, 4.69) is 37.2 Å². The van der Waals surface area contributed by atoms with Crippen molar-refractivity contribution in [3.63, 3.8) is 0 Å². The highest BCUT2D eigenvalue weighted by atomic mass is 79.9. The van der Waals surface area contributed by atoms with E-state index in [1.165, 1.54) is 0 Å². The number of hydrogen-bond donors (Lipinski definition) is 1. The lowest BCUT2D eigenvalue weighted by Gasteiger charge is -2.20. The van der Waals surface area contributed by atoms with Gasteiger partial charge in [0.2, 0.25) is 0 Å². The van der Waals surface area contributed by atoms with Crippen LogP contribution < -0.4 is 14.8 Å². The van der Waals surface area contributed by atoms with Gasteiger partial charge in [0.05, 0.1) is 10.2 Å². The zero-order valence-electron chi connectivity index (χ0n) is 9.95. The molecule has 0 bridgehead atoms. The summed E-state index contributed by atoms with van der Waals surface area (Å²) in [6.45, 7) is 1.50.